The summed E-state index contributed by atoms with van der Waals surface area (Å²) in [6, 6.07) is 3.31. The first kappa shape index (κ1) is 17.4. The van der Waals surface area contributed by atoms with Crippen LogP contribution < -0.4 is 5.32 Å². The van der Waals surface area contributed by atoms with Crippen LogP contribution in [0.5, 0.6) is 0 Å². The highest BCUT2D eigenvalue weighted by molar-refractivity contribution is 5.74. The number of nitrogens with zero attached hydrogens (tertiary/aromatic N) is 1. The molecule has 0 saturated heterocycles. The van der Waals surface area contributed by atoms with Gasteiger partial charge in [-0.1, -0.05) is 6.07 Å². The molecule has 0 aliphatic carbocycles. The number of carbonyl (C=O) groups excluding carboxylic acids is 1. The van der Waals surface area contributed by atoms with Crippen LogP contribution in [-0.4, -0.2) is 41.3 Å². The number of amides is 2. The predicted octanol–water partition coefficient (Wildman–Crippen LogP) is 2.31. The summed E-state index contributed by atoms with van der Waals surface area (Å²) in [6.07, 6.45) is 0.0737. The van der Waals surface area contributed by atoms with Gasteiger partial charge in [0.05, 0.1) is 12.1 Å². The zero-order valence-corrected chi connectivity index (χ0v) is 12.6. The number of hydrogen-bond acceptors (Lipinski definition) is 2. The van der Waals surface area contributed by atoms with Gasteiger partial charge in [0.15, 0.2) is 0 Å². The van der Waals surface area contributed by atoms with Gasteiger partial charge in [0.2, 0.25) is 0 Å². The lowest BCUT2D eigenvalue weighted by Crippen LogP contribution is -2.47. The summed E-state index contributed by atoms with van der Waals surface area (Å²) in [5, 5.41) is 12.3. The highest BCUT2D eigenvalue weighted by atomic mass is 19.1. The Morgan fingerprint density at radius 2 is 1.90 bits per heavy atom. The van der Waals surface area contributed by atoms with E-state index >= 15 is 0 Å². The second-order valence-electron chi connectivity index (χ2n) is 5.51. The number of rotatable bonds is 6. The molecule has 0 aliphatic heterocycles. The van der Waals surface area contributed by atoms with Crippen LogP contribution in [-0.2, 0) is 6.42 Å². The first-order valence-electron chi connectivity index (χ1n) is 6.92. The number of halogens is 2. The molecule has 2 N–H and O–H groups in total. The molecule has 0 atom stereocenters. The molecule has 21 heavy (non-hydrogen) atoms. The first-order chi connectivity index (χ1) is 9.74. The molecule has 0 bridgehead atoms. The van der Waals surface area contributed by atoms with Gasteiger partial charge in [-0.3, -0.25) is 0 Å². The van der Waals surface area contributed by atoms with Gasteiger partial charge in [0.25, 0.3) is 0 Å². The molecule has 4 nitrogen and oxygen atoms in total. The summed E-state index contributed by atoms with van der Waals surface area (Å²) in [6.45, 7) is 5.75. The van der Waals surface area contributed by atoms with E-state index in [-0.39, 0.29) is 31.1 Å². The minimum absolute atomic E-state index is 0.0386. The minimum atomic E-state index is -0.995. The normalized spacial score (nSPS) is 11.3. The third kappa shape index (κ3) is 5.67. The fraction of sp³-hybridized carbons (Fsp3) is 0.533. The number of carbonyl (C=O) groups is 1. The number of benzene rings is 1. The Labute approximate surface area is 123 Å². The van der Waals surface area contributed by atoms with E-state index in [4.69, 9.17) is 0 Å². The lowest BCUT2D eigenvalue weighted by Gasteiger charge is -2.28. The van der Waals surface area contributed by atoms with Crippen LogP contribution in [0.25, 0.3) is 0 Å². The molecule has 1 aromatic rings. The summed E-state index contributed by atoms with van der Waals surface area (Å²) in [5.41, 5.74) is -1.03. The molecular formula is C15H22F2N2O2. The van der Waals surface area contributed by atoms with Crippen molar-refractivity contribution in [3.63, 3.8) is 0 Å². The number of urea groups is 1. The Balaban J connectivity index is 2.53. The van der Waals surface area contributed by atoms with Gasteiger partial charge in [0.1, 0.15) is 11.6 Å². The smallest absolute Gasteiger partial charge is 0.317 e. The maximum absolute atomic E-state index is 13.4. The predicted molar refractivity (Wildman–Crippen MR) is 77.0 cm³/mol. The monoisotopic (exact) mass is 300 g/mol. The van der Waals surface area contributed by atoms with Gasteiger partial charge in [-0.05, 0) is 39.3 Å². The molecule has 6 heteroatoms. The van der Waals surface area contributed by atoms with Crippen molar-refractivity contribution in [2.24, 2.45) is 0 Å². The van der Waals surface area contributed by atoms with Crippen molar-refractivity contribution in [3.05, 3.63) is 35.4 Å². The van der Waals surface area contributed by atoms with E-state index in [9.17, 15) is 18.7 Å². The summed E-state index contributed by atoms with van der Waals surface area (Å²) in [7, 11) is 0. The van der Waals surface area contributed by atoms with E-state index in [2.05, 4.69) is 5.32 Å². The molecular weight excluding hydrogens is 278 g/mol. The molecule has 2 amide bonds. The fourth-order valence-corrected chi connectivity index (χ4v) is 1.97. The maximum atomic E-state index is 13.4. The fourth-order valence-electron chi connectivity index (χ4n) is 1.97. The number of nitrogens with one attached hydrogen (secondary N) is 1. The molecule has 0 saturated carbocycles. The van der Waals surface area contributed by atoms with Crippen LogP contribution in [0.1, 0.15) is 26.3 Å². The van der Waals surface area contributed by atoms with E-state index in [1.165, 1.54) is 23.1 Å². The van der Waals surface area contributed by atoms with Gasteiger partial charge >= 0.3 is 6.03 Å². The Morgan fingerprint density at radius 3 is 2.38 bits per heavy atom. The molecule has 0 heterocycles. The molecule has 0 unspecified atom stereocenters. The van der Waals surface area contributed by atoms with E-state index in [1.54, 1.807) is 20.8 Å². The molecule has 118 valence electrons. The van der Waals surface area contributed by atoms with Crippen molar-refractivity contribution < 1.29 is 18.7 Å². The Kier molecular flexibility index (Phi) is 6.08. The van der Waals surface area contributed by atoms with Gasteiger partial charge < -0.3 is 15.3 Å². The van der Waals surface area contributed by atoms with Crippen LogP contribution in [0.4, 0.5) is 13.6 Å². The zero-order chi connectivity index (χ0) is 16.0. The van der Waals surface area contributed by atoms with Crippen molar-refractivity contribution in [2.45, 2.75) is 32.8 Å². The van der Waals surface area contributed by atoms with E-state index < -0.39 is 17.2 Å². The minimum Gasteiger partial charge on any atom is -0.389 e. The zero-order valence-electron chi connectivity index (χ0n) is 12.6. The number of likely N-dealkylation sites (N-methyl/N-ethyl adjacent to an activating group) is 1. The molecule has 1 rings (SSSR count). The van der Waals surface area contributed by atoms with Crippen LogP contribution in [0, 0.1) is 11.6 Å². The van der Waals surface area contributed by atoms with Gasteiger partial charge in [-0.25, -0.2) is 13.6 Å². The van der Waals surface area contributed by atoms with E-state index in [0.29, 0.717) is 6.54 Å². The summed E-state index contributed by atoms with van der Waals surface area (Å²) < 4.78 is 26.9. The summed E-state index contributed by atoms with van der Waals surface area (Å²) in [4.78, 5) is 13.4. The first-order valence-corrected chi connectivity index (χ1v) is 6.92. The SMILES string of the molecule is CCN(CC(C)(C)O)C(=O)NCCc1c(F)cccc1F. The number of hydrogen-bond donors (Lipinski definition) is 2. The lowest BCUT2D eigenvalue weighted by atomic mass is 10.1. The Hall–Kier alpha value is -1.69. The second kappa shape index (κ2) is 7.36. The third-order valence-electron chi connectivity index (χ3n) is 2.96. The third-order valence-corrected chi connectivity index (χ3v) is 2.96. The van der Waals surface area contributed by atoms with Crippen LogP contribution in [0.2, 0.25) is 0 Å². The molecule has 0 aliphatic rings. The average molecular weight is 300 g/mol. The Morgan fingerprint density at radius 1 is 1.33 bits per heavy atom. The molecule has 0 spiro atoms. The summed E-state index contributed by atoms with van der Waals surface area (Å²) >= 11 is 0. The number of aliphatic hydroxyl groups is 1. The van der Waals surface area contributed by atoms with Crippen molar-refractivity contribution >= 4 is 6.03 Å². The van der Waals surface area contributed by atoms with Gasteiger partial charge in [-0.15, -0.1) is 0 Å². The van der Waals surface area contributed by atoms with Crippen molar-refractivity contribution in [1.82, 2.24) is 10.2 Å². The molecule has 0 radical (unpaired) electrons. The van der Waals surface area contributed by atoms with Gasteiger partial charge in [0, 0.05) is 18.7 Å². The average Bonchev–Trinajstić information content (AvgIpc) is 2.38. The topological polar surface area (TPSA) is 52.6 Å². The summed E-state index contributed by atoms with van der Waals surface area (Å²) in [5.74, 6) is -1.24. The van der Waals surface area contributed by atoms with E-state index in [1.807, 2.05) is 0 Å². The highest BCUT2D eigenvalue weighted by Crippen LogP contribution is 2.12. The quantitative estimate of drug-likeness (QED) is 0.847. The largest absolute Gasteiger partial charge is 0.389 e. The van der Waals surface area contributed by atoms with E-state index in [0.717, 1.165) is 0 Å². The maximum Gasteiger partial charge on any atom is 0.317 e. The molecule has 1 aromatic carbocycles. The van der Waals surface area contributed by atoms with Crippen LogP contribution in [0.15, 0.2) is 18.2 Å². The molecule has 0 aromatic heterocycles. The van der Waals surface area contributed by atoms with Crippen LogP contribution in [0.3, 0.4) is 0 Å². The standard InChI is InChI=1S/C15H22F2N2O2/c1-4-19(10-15(2,3)21)14(20)18-9-8-11-12(16)6-5-7-13(11)17/h5-7,21H,4,8-10H2,1-3H3,(H,18,20). The highest BCUT2D eigenvalue weighted by Gasteiger charge is 2.21. The lowest BCUT2D eigenvalue weighted by molar-refractivity contribution is 0.0480. The van der Waals surface area contributed by atoms with Crippen molar-refractivity contribution in [3.8, 4) is 0 Å². The molecule has 0 fully saturated rings. The van der Waals surface area contributed by atoms with Crippen LogP contribution >= 0.6 is 0 Å². The Bertz CT molecular complexity index is 467. The van der Waals surface area contributed by atoms with Crippen molar-refractivity contribution in [2.75, 3.05) is 19.6 Å². The van der Waals surface area contributed by atoms with Crippen molar-refractivity contribution in [1.29, 1.82) is 0 Å². The van der Waals surface area contributed by atoms with Gasteiger partial charge in [-0.2, -0.15) is 0 Å². The second-order valence-corrected chi connectivity index (χ2v) is 5.51.